The van der Waals surface area contributed by atoms with Crippen LogP contribution in [0, 0.1) is 0 Å². The normalized spacial score (nSPS) is 10.1. The molecule has 2 aromatic rings. The lowest BCUT2D eigenvalue weighted by molar-refractivity contribution is -0.135. The van der Waals surface area contributed by atoms with Gasteiger partial charge in [0.15, 0.2) is 0 Å². The van der Waals surface area contributed by atoms with Crippen molar-refractivity contribution in [2.75, 3.05) is 18.5 Å². The molecule has 0 radical (unpaired) electrons. The minimum Gasteiger partial charge on any atom is -0.480 e. The van der Waals surface area contributed by atoms with Crippen molar-refractivity contribution in [1.82, 2.24) is 25.4 Å². The van der Waals surface area contributed by atoms with Gasteiger partial charge in [0.2, 0.25) is 5.82 Å². The lowest BCUT2D eigenvalue weighted by atomic mass is 10.3. The van der Waals surface area contributed by atoms with Crippen molar-refractivity contribution in [3.63, 3.8) is 0 Å². The standard InChI is InChI=1S/C10H10N6O2/c1-16(6-8(17)18)10-14-12-9(13-15-10)7-4-2-3-5-11-7/h2-5H,6H2,1H3,(H,17,18). The van der Waals surface area contributed by atoms with Gasteiger partial charge >= 0.3 is 5.97 Å². The Bertz CT molecular complexity index is 530. The van der Waals surface area contributed by atoms with Crippen LogP contribution in [0.1, 0.15) is 0 Å². The molecule has 0 aromatic carbocycles. The second-order valence-corrected chi connectivity index (χ2v) is 3.49. The molecule has 8 nitrogen and oxygen atoms in total. The van der Waals surface area contributed by atoms with Crippen molar-refractivity contribution >= 4 is 11.9 Å². The topological polar surface area (TPSA) is 105 Å². The summed E-state index contributed by atoms with van der Waals surface area (Å²) in [5.74, 6) is -0.532. The summed E-state index contributed by atoms with van der Waals surface area (Å²) in [6, 6.07) is 5.31. The molecular formula is C10H10N6O2. The van der Waals surface area contributed by atoms with Crippen LogP contribution in [0.5, 0.6) is 0 Å². The van der Waals surface area contributed by atoms with Gasteiger partial charge in [0.05, 0.1) is 0 Å². The van der Waals surface area contributed by atoms with Crippen LogP contribution in [-0.4, -0.2) is 50.0 Å². The zero-order valence-corrected chi connectivity index (χ0v) is 9.56. The molecule has 0 saturated carbocycles. The minimum atomic E-state index is -0.977. The molecule has 0 fully saturated rings. The predicted octanol–water partition coefficient (Wildman–Crippen LogP) is -0.151. The zero-order valence-electron chi connectivity index (χ0n) is 9.56. The highest BCUT2D eigenvalue weighted by atomic mass is 16.4. The fourth-order valence-electron chi connectivity index (χ4n) is 1.25. The largest absolute Gasteiger partial charge is 0.480 e. The van der Waals surface area contributed by atoms with E-state index in [4.69, 9.17) is 5.11 Å². The third-order valence-corrected chi connectivity index (χ3v) is 2.08. The summed E-state index contributed by atoms with van der Waals surface area (Å²) in [6.07, 6.45) is 1.61. The molecule has 0 bridgehead atoms. The summed E-state index contributed by atoms with van der Waals surface area (Å²) in [7, 11) is 1.55. The van der Waals surface area contributed by atoms with Gasteiger partial charge in [-0.05, 0) is 12.1 Å². The van der Waals surface area contributed by atoms with Gasteiger partial charge in [0.25, 0.3) is 5.95 Å². The molecule has 0 unspecified atom stereocenters. The number of likely N-dealkylation sites (N-methyl/N-ethyl adjacent to an activating group) is 1. The highest BCUT2D eigenvalue weighted by molar-refractivity contribution is 5.72. The first-order valence-corrected chi connectivity index (χ1v) is 5.08. The van der Waals surface area contributed by atoms with E-state index in [1.165, 1.54) is 4.90 Å². The monoisotopic (exact) mass is 246 g/mol. The molecule has 0 aliphatic carbocycles. The fraction of sp³-hybridized carbons (Fsp3) is 0.200. The quantitative estimate of drug-likeness (QED) is 0.794. The predicted molar refractivity (Wildman–Crippen MR) is 61.8 cm³/mol. The van der Waals surface area contributed by atoms with Crippen LogP contribution in [0.4, 0.5) is 5.95 Å². The van der Waals surface area contributed by atoms with Crippen molar-refractivity contribution in [3.8, 4) is 11.5 Å². The Hall–Kier alpha value is -2.64. The molecule has 18 heavy (non-hydrogen) atoms. The Morgan fingerprint density at radius 1 is 1.28 bits per heavy atom. The second-order valence-electron chi connectivity index (χ2n) is 3.49. The number of hydrogen-bond acceptors (Lipinski definition) is 7. The smallest absolute Gasteiger partial charge is 0.323 e. The lowest BCUT2D eigenvalue weighted by Crippen LogP contribution is -2.27. The zero-order chi connectivity index (χ0) is 13.0. The summed E-state index contributed by atoms with van der Waals surface area (Å²) in [5, 5.41) is 24.0. The molecule has 0 aliphatic rings. The first-order valence-electron chi connectivity index (χ1n) is 5.08. The molecule has 0 spiro atoms. The number of pyridine rings is 1. The van der Waals surface area contributed by atoms with Crippen LogP contribution >= 0.6 is 0 Å². The SMILES string of the molecule is CN(CC(=O)O)c1nnc(-c2ccccn2)nn1. The first-order chi connectivity index (χ1) is 8.66. The molecular weight excluding hydrogens is 236 g/mol. The Labute approximate surface area is 102 Å². The van der Waals surface area contributed by atoms with E-state index >= 15 is 0 Å². The van der Waals surface area contributed by atoms with E-state index in [0.717, 1.165) is 0 Å². The maximum absolute atomic E-state index is 10.5. The maximum atomic E-state index is 10.5. The number of nitrogens with zero attached hydrogens (tertiary/aromatic N) is 6. The van der Waals surface area contributed by atoms with E-state index in [9.17, 15) is 4.79 Å². The van der Waals surface area contributed by atoms with E-state index in [1.54, 1.807) is 31.4 Å². The van der Waals surface area contributed by atoms with Crippen LogP contribution in [0.15, 0.2) is 24.4 Å². The molecule has 8 heteroatoms. The van der Waals surface area contributed by atoms with Gasteiger partial charge in [-0.1, -0.05) is 6.07 Å². The van der Waals surface area contributed by atoms with Crippen molar-refractivity contribution in [1.29, 1.82) is 0 Å². The number of carboxylic acid groups (broad SMARTS) is 1. The van der Waals surface area contributed by atoms with Crippen LogP contribution in [-0.2, 0) is 4.79 Å². The number of hydrogen-bond donors (Lipinski definition) is 1. The van der Waals surface area contributed by atoms with Gasteiger partial charge in [0, 0.05) is 13.2 Å². The van der Waals surface area contributed by atoms with Crippen molar-refractivity contribution in [2.24, 2.45) is 0 Å². The lowest BCUT2D eigenvalue weighted by Gasteiger charge is -2.12. The van der Waals surface area contributed by atoms with Gasteiger partial charge in [-0.15, -0.1) is 20.4 Å². The van der Waals surface area contributed by atoms with Gasteiger partial charge in [-0.3, -0.25) is 9.78 Å². The molecule has 0 amide bonds. The summed E-state index contributed by atoms with van der Waals surface area (Å²) in [4.78, 5) is 15.9. The van der Waals surface area contributed by atoms with E-state index in [2.05, 4.69) is 25.4 Å². The third-order valence-electron chi connectivity index (χ3n) is 2.08. The summed E-state index contributed by atoms with van der Waals surface area (Å²) in [6.45, 7) is -0.216. The second kappa shape index (κ2) is 5.13. The Morgan fingerprint density at radius 2 is 2.00 bits per heavy atom. The number of carboxylic acids is 1. The van der Waals surface area contributed by atoms with E-state index < -0.39 is 5.97 Å². The Morgan fingerprint density at radius 3 is 2.56 bits per heavy atom. The van der Waals surface area contributed by atoms with Gasteiger partial charge in [-0.25, -0.2) is 0 Å². The molecule has 2 aromatic heterocycles. The molecule has 92 valence electrons. The Balaban J connectivity index is 2.18. The maximum Gasteiger partial charge on any atom is 0.323 e. The number of anilines is 1. The number of carbonyl (C=O) groups is 1. The molecule has 2 rings (SSSR count). The van der Waals surface area contributed by atoms with Crippen LogP contribution < -0.4 is 4.90 Å². The number of aliphatic carboxylic acids is 1. The van der Waals surface area contributed by atoms with E-state index in [0.29, 0.717) is 11.5 Å². The molecule has 1 N–H and O–H groups in total. The highest BCUT2D eigenvalue weighted by Gasteiger charge is 2.11. The van der Waals surface area contributed by atoms with Gasteiger partial charge in [-0.2, -0.15) is 0 Å². The minimum absolute atomic E-state index is 0.150. The van der Waals surface area contributed by atoms with Crippen LogP contribution in [0.25, 0.3) is 11.5 Å². The van der Waals surface area contributed by atoms with E-state index in [1.807, 2.05) is 0 Å². The molecule has 0 aliphatic heterocycles. The average Bonchev–Trinajstić information content (AvgIpc) is 2.39. The summed E-state index contributed by atoms with van der Waals surface area (Å²) < 4.78 is 0. The summed E-state index contributed by atoms with van der Waals surface area (Å²) in [5.41, 5.74) is 0.560. The van der Waals surface area contributed by atoms with Crippen molar-refractivity contribution < 1.29 is 9.90 Å². The van der Waals surface area contributed by atoms with Crippen molar-refractivity contribution in [3.05, 3.63) is 24.4 Å². The summed E-state index contributed by atoms with van der Waals surface area (Å²) >= 11 is 0. The molecule has 2 heterocycles. The van der Waals surface area contributed by atoms with Crippen LogP contribution in [0.2, 0.25) is 0 Å². The highest BCUT2D eigenvalue weighted by Crippen LogP contribution is 2.09. The fourth-order valence-corrected chi connectivity index (χ4v) is 1.25. The number of rotatable bonds is 4. The molecule has 0 atom stereocenters. The van der Waals surface area contributed by atoms with Crippen LogP contribution in [0.3, 0.4) is 0 Å². The van der Waals surface area contributed by atoms with E-state index in [-0.39, 0.29) is 12.5 Å². The number of aromatic nitrogens is 5. The first kappa shape index (κ1) is 11.8. The average molecular weight is 246 g/mol. The van der Waals surface area contributed by atoms with Gasteiger partial charge < -0.3 is 10.0 Å². The molecule has 0 saturated heterocycles. The van der Waals surface area contributed by atoms with Gasteiger partial charge in [0.1, 0.15) is 12.2 Å². The third kappa shape index (κ3) is 2.73. The van der Waals surface area contributed by atoms with Crippen molar-refractivity contribution in [2.45, 2.75) is 0 Å². The Kier molecular flexibility index (Phi) is 3.37.